The normalized spacial score (nSPS) is 15.3. The van der Waals surface area contributed by atoms with Gasteiger partial charge in [-0.2, -0.15) is 0 Å². The van der Waals surface area contributed by atoms with E-state index in [1.54, 1.807) is 0 Å². The van der Waals surface area contributed by atoms with E-state index >= 15 is 0 Å². The first-order valence-corrected chi connectivity index (χ1v) is 8.04. The molecular weight excluding hydrogens is 279 g/mol. The van der Waals surface area contributed by atoms with E-state index in [4.69, 9.17) is 0 Å². The van der Waals surface area contributed by atoms with Gasteiger partial charge in [-0.25, -0.2) is 0 Å². The van der Waals surface area contributed by atoms with Crippen LogP contribution in [0.2, 0.25) is 0 Å². The molecule has 2 heterocycles. The summed E-state index contributed by atoms with van der Waals surface area (Å²) in [4.78, 5) is 0. The third kappa shape index (κ3) is 2.17. The molecule has 0 unspecified atom stereocenters. The number of rotatable bonds is 2. The molecule has 1 aromatic heterocycles. The molecule has 0 fully saturated rings. The van der Waals surface area contributed by atoms with E-state index in [1.165, 1.54) is 22.3 Å². The van der Waals surface area contributed by atoms with E-state index in [1.807, 2.05) is 0 Å². The quantitative estimate of drug-likeness (QED) is 0.716. The van der Waals surface area contributed by atoms with Gasteiger partial charge in [-0.05, 0) is 18.7 Å². The van der Waals surface area contributed by atoms with Gasteiger partial charge in [0.15, 0.2) is 5.69 Å². The number of allylic oxidation sites excluding steroid dienone is 1. The van der Waals surface area contributed by atoms with Crippen molar-refractivity contribution in [2.24, 2.45) is 0 Å². The monoisotopic (exact) mass is 298 g/mol. The highest BCUT2D eigenvalue weighted by atomic mass is 15.1. The molecule has 112 valence electrons. The lowest BCUT2D eigenvalue weighted by molar-refractivity contribution is -0.547. The Morgan fingerprint density at radius 2 is 1.30 bits per heavy atom. The number of hydrogen-bond acceptors (Lipinski definition) is 1. The molecule has 0 aliphatic carbocycles. The van der Waals surface area contributed by atoms with Crippen molar-refractivity contribution >= 4 is 23.4 Å². The Bertz CT molecular complexity index is 818. The highest BCUT2D eigenvalue weighted by Crippen LogP contribution is 2.12. The number of nitrogens with zero attached hydrogens (tertiary/aromatic N) is 1. The molecule has 2 nitrogen and oxygen atoms in total. The van der Waals surface area contributed by atoms with Crippen molar-refractivity contribution in [3.05, 3.63) is 96.5 Å². The van der Waals surface area contributed by atoms with Crippen LogP contribution >= 0.6 is 0 Å². The van der Waals surface area contributed by atoms with Crippen LogP contribution in [0, 0.1) is 0 Å². The van der Waals surface area contributed by atoms with Gasteiger partial charge in [-0.15, -0.1) is 10.9 Å². The number of fused-ring (bicyclic) bond motifs is 1. The van der Waals surface area contributed by atoms with Crippen LogP contribution in [0.25, 0.3) is 6.08 Å². The molecule has 3 aromatic rings. The average Bonchev–Trinajstić information content (AvgIpc) is 2.62. The minimum Gasteiger partial charge on any atom is -0.493 e. The van der Waals surface area contributed by atoms with Crippen LogP contribution in [-0.4, -0.2) is 6.42 Å². The fourth-order valence-electron chi connectivity index (χ4n) is 3.75. The molecule has 0 amide bonds. The Kier molecular flexibility index (Phi) is 3.27. The predicted octanol–water partition coefficient (Wildman–Crippen LogP) is 2.04. The molecule has 0 spiro atoms. The predicted molar refractivity (Wildman–Crippen MR) is 96.7 cm³/mol. The Hall–Kier alpha value is -2.81. The fourth-order valence-corrected chi connectivity index (χ4v) is 3.75. The summed E-state index contributed by atoms with van der Waals surface area (Å²) in [5.74, 6) is 0. The summed E-state index contributed by atoms with van der Waals surface area (Å²) < 4.78 is 2.37. The van der Waals surface area contributed by atoms with Crippen LogP contribution in [-0.2, 0) is 0 Å². The third-order valence-electron chi connectivity index (χ3n) is 4.71. The van der Waals surface area contributed by atoms with Gasteiger partial charge in [-0.3, -0.25) is 0 Å². The van der Waals surface area contributed by atoms with Crippen LogP contribution in [0.15, 0.2) is 90.8 Å². The second-order valence-electron chi connectivity index (χ2n) is 6.15. The van der Waals surface area contributed by atoms with Crippen LogP contribution in [0.4, 0.5) is 0 Å². The van der Waals surface area contributed by atoms with E-state index in [9.17, 15) is 0 Å². The first-order chi connectivity index (χ1) is 11.3. The summed E-state index contributed by atoms with van der Waals surface area (Å²) in [7, 11) is 0. The summed E-state index contributed by atoms with van der Waals surface area (Å²) in [6.45, 7) is 2.14. The van der Waals surface area contributed by atoms with Gasteiger partial charge in [0.2, 0.25) is 0 Å². The maximum absolute atomic E-state index is 3.81. The lowest BCUT2D eigenvalue weighted by atomic mass is 9.36. The molecular formula is C20H19BN2. The molecule has 0 bridgehead atoms. The maximum Gasteiger partial charge on any atom is 0.428 e. The van der Waals surface area contributed by atoms with E-state index < -0.39 is 6.42 Å². The fraction of sp³-hybridized carbons (Fsp3) is 0.0500. The van der Waals surface area contributed by atoms with E-state index in [2.05, 4.69) is 108 Å². The van der Waals surface area contributed by atoms with Crippen molar-refractivity contribution in [3.63, 3.8) is 0 Å². The molecule has 4 rings (SSSR count). The molecule has 0 saturated carbocycles. The van der Waals surface area contributed by atoms with Gasteiger partial charge in [0.05, 0.1) is 0 Å². The number of benzene rings is 2. The smallest absolute Gasteiger partial charge is 0.428 e. The van der Waals surface area contributed by atoms with Gasteiger partial charge in [0.25, 0.3) is 0 Å². The summed E-state index contributed by atoms with van der Waals surface area (Å²) >= 11 is 0. The van der Waals surface area contributed by atoms with Crippen molar-refractivity contribution in [2.75, 3.05) is 0 Å². The summed E-state index contributed by atoms with van der Waals surface area (Å²) in [5.41, 5.74) is 4.97. The Balaban J connectivity index is 2.08. The molecule has 23 heavy (non-hydrogen) atoms. The molecule has 0 radical (unpaired) electrons. The van der Waals surface area contributed by atoms with Crippen molar-refractivity contribution in [1.82, 2.24) is 5.23 Å². The van der Waals surface area contributed by atoms with Crippen molar-refractivity contribution in [2.45, 2.75) is 6.92 Å². The summed E-state index contributed by atoms with van der Waals surface area (Å²) in [5, 5.41) is 3.81. The van der Waals surface area contributed by atoms with Crippen LogP contribution in [0.3, 0.4) is 0 Å². The minimum absolute atomic E-state index is 1.18. The molecule has 1 aliphatic heterocycles. The second kappa shape index (κ2) is 5.43. The first kappa shape index (κ1) is 13.8. The summed E-state index contributed by atoms with van der Waals surface area (Å²) in [6.07, 6.45) is 3.09. The van der Waals surface area contributed by atoms with Crippen LogP contribution < -0.4 is 20.6 Å². The van der Waals surface area contributed by atoms with E-state index in [-0.39, 0.29) is 0 Å². The van der Waals surface area contributed by atoms with Crippen molar-refractivity contribution < 1.29 is 4.48 Å². The average molecular weight is 298 g/mol. The minimum atomic E-state index is -1.28. The van der Waals surface area contributed by atoms with Gasteiger partial charge in [0, 0.05) is 12.1 Å². The van der Waals surface area contributed by atoms with Gasteiger partial charge in [0.1, 0.15) is 6.20 Å². The first-order valence-electron chi connectivity index (χ1n) is 8.04. The highest BCUT2D eigenvalue weighted by molar-refractivity contribution is 6.94. The molecule has 1 aliphatic rings. The van der Waals surface area contributed by atoms with Crippen LogP contribution in [0.1, 0.15) is 12.6 Å². The van der Waals surface area contributed by atoms with E-state index in [0.29, 0.717) is 0 Å². The Morgan fingerprint density at radius 3 is 1.91 bits per heavy atom. The number of aromatic nitrogens is 1. The highest BCUT2D eigenvalue weighted by Gasteiger charge is 2.44. The third-order valence-corrected chi connectivity index (χ3v) is 4.71. The number of pyridine rings is 1. The largest absolute Gasteiger partial charge is 0.493 e. The lowest BCUT2D eigenvalue weighted by Crippen LogP contribution is -2.87. The SMILES string of the molecule is CC1=Cc2cccc[n+]2[B-](c2ccccc2)(c2ccccc2)N1. The topological polar surface area (TPSA) is 15.9 Å². The van der Waals surface area contributed by atoms with Crippen LogP contribution in [0.5, 0.6) is 0 Å². The molecule has 2 aromatic carbocycles. The molecule has 0 atom stereocenters. The second-order valence-corrected chi connectivity index (χ2v) is 6.15. The zero-order chi connectivity index (χ0) is 15.7. The number of nitrogens with one attached hydrogen (secondary N) is 1. The Morgan fingerprint density at radius 1 is 0.739 bits per heavy atom. The van der Waals surface area contributed by atoms with Gasteiger partial charge in [-0.1, -0.05) is 66.7 Å². The van der Waals surface area contributed by atoms with Crippen molar-refractivity contribution in [3.8, 4) is 0 Å². The number of hydrogen-bond donors (Lipinski definition) is 1. The van der Waals surface area contributed by atoms with Gasteiger partial charge >= 0.3 is 6.42 Å². The standard InChI is InChI=1S/C20H19BN2/c1-17-16-20-14-8-9-15-23(20)21(22-17,18-10-4-2-5-11-18)19-12-6-3-7-13-19/h2-16,22H,1H3. The Labute approximate surface area is 137 Å². The van der Waals surface area contributed by atoms with E-state index in [0.717, 1.165) is 0 Å². The maximum atomic E-state index is 3.81. The molecule has 3 heteroatoms. The zero-order valence-corrected chi connectivity index (χ0v) is 13.2. The lowest BCUT2D eigenvalue weighted by Gasteiger charge is -2.41. The molecule has 0 saturated heterocycles. The van der Waals surface area contributed by atoms with Gasteiger partial charge < -0.3 is 9.71 Å². The molecule has 1 N–H and O–H groups in total. The zero-order valence-electron chi connectivity index (χ0n) is 13.2. The van der Waals surface area contributed by atoms with Crippen molar-refractivity contribution in [1.29, 1.82) is 0 Å². The summed E-state index contributed by atoms with van der Waals surface area (Å²) in [6, 6.07) is 27.8.